The molecular weight excluding hydrogens is 501 g/mol. The second-order valence-corrected chi connectivity index (χ2v) is 9.69. The van der Waals surface area contributed by atoms with E-state index in [4.69, 9.17) is 14.5 Å². The Morgan fingerprint density at radius 2 is 1.82 bits per heavy atom. The van der Waals surface area contributed by atoms with Gasteiger partial charge < -0.3 is 24.6 Å². The zero-order valence-corrected chi connectivity index (χ0v) is 21.0. The Morgan fingerprint density at radius 1 is 1.08 bits per heavy atom. The minimum Gasteiger partial charge on any atom is -0.378 e. The third kappa shape index (κ3) is 6.13. The van der Waals surface area contributed by atoms with Crippen LogP contribution < -0.4 is 10.2 Å². The van der Waals surface area contributed by atoms with E-state index >= 15 is 0 Å². The number of alkyl halides is 3. The van der Waals surface area contributed by atoms with Gasteiger partial charge in [0.25, 0.3) is 0 Å². The molecule has 9 nitrogen and oxygen atoms in total. The van der Waals surface area contributed by atoms with E-state index in [1.165, 1.54) is 4.90 Å². The maximum Gasteiger partial charge on any atom is 0.397 e. The molecule has 0 bridgehead atoms. The number of rotatable bonds is 6. The van der Waals surface area contributed by atoms with Crippen LogP contribution in [0, 0.1) is 0 Å². The molecule has 2 aromatic heterocycles. The largest absolute Gasteiger partial charge is 0.397 e. The molecule has 2 saturated heterocycles. The van der Waals surface area contributed by atoms with Crippen molar-refractivity contribution in [1.29, 1.82) is 0 Å². The summed E-state index contributed by atoms with van der Waals surface area (Å²) in [5.74, 6) is -0.476. The third-order valence-corrected chi connectivity index (χ3v) is 6.67. The third-order valence-electron chi connectivity index (χ3n) is 6.67. The van der Waals surface area contributed by atoms with Gasteiger partial charge in [-0.3, -0.25) is 9.78 Å². The van der Waals surface area contributed by atoms with Gasteiger partial charge in [-0.15, -0.1) is 0 Å². The molecule has 1 N–H and O–H groups in total. The van der Waals surface area contributed by atoms with Gasteiger partial charge in [0.15, 0.2) is 5.82 Å². The number of nitrogens with zero attached hydrogens (tertiary/aromatic N) is 5. The van der Waals surface area contributed by atoms with Gasteiger partial charge in [0.05, 0.1) is 37.6 Å². The maximum absolute atomic E-state index is 12.7. The Balaban J connectivity index is 1.34. The predicted molar refractivity (Wildman–Crippen MR) is 136 cm³/mol. The van der Waals surface area contributed by atoms with E-state index in [-0.39, 0.29) is 26.2 Å². The van der Waals surface area contributed by atoms with Crippen molar-refractivity contribution in [3.63, 3.8) is 0 Å². The Hall–Kier alpha value is -3.51. The van der Waals surface area contributed by atoms with Gasteiger partial charge in [-0.25, -0.2) is 9.97 Å². The van der Waals surface area contributed by atoms with Crippen LogP contribution in [0.25, 0.3) is 22.3 Å². The van der Waals surface area contributed by atoms with Crippen molar-refractivity contribution in [2.24, 2.45) is 0 Å². The van der Waals surface area contributed by atoms with Crippen molar-refractivity contribution >= 4 is 28.4 Å². The van der Waals surface area contributed by atoms with Crippen LogP contribution in [0.3, 0.4) is 0 Å². The summed E-state index contributed by atoms with van der Waals surface area (Å²) in [5.41, 5.74) is 3.01. The molecular formula is C26H29F3N6O3. The van der Waals surface area contributed by atoms with E-state index in [0.717, 1.165) is 24.3 Å². The van der Waals surface area contributed by atoms with Gasteiger partial charge in [-0.05, 0) is 25.1 Å². The molecule has 1 amide bonds. The minimum absolute atomic E-state index is 0.0290. The lowest BCUT2D eigenvalue weighted by Gasteiger charge is -2.40. The molecule has 0 spiro atoms. The summed E-state index contributed by atoms with van der Waals surface area (Å²) in [7, 11) is 0. The fraction of sp³-hybridized carbons (Fsp3) is 0.462. The number of halogens is 3. The first-order valence-corrected chi connectivity index (χ1v) is 12.5. The number of carbonyl (C=O) groups is 1. The summed E-state index contributed by atoms with van der Waals surface area (Å²) in [6.45, 7) is 5.36. The molecule has 0 aliphatic carbocycles. The average Bonchev–Trinajstić information content (AvgIpc) is 2.91. The lowest BCUT2D eigenvalue weighted by Crippen LogP contribution is -2.55. The van der Waals surface area contributed by atoms with E-state index in [1.54, 1.807) is 19.3 Å². The summed E-state index contributed by atoms with van der Waals surface area (Å²) < 4.78 is 49.6. The van der Waals surface area contributed by atoms with E-state index in [2.05, 4.69) is 32.3 Å². The highest BCUT2D eigenvalue weighted by molar-refractivity contribution is 5.88. The van der Waals surface area contributed by atoms with E-state index in [9.17, 15) is 18.0 Å². The molecule has 12 heteroatoms. The topological polar surface area (TPSA) is 92.7 Å². The predicted octanol–water partition coefficient (Wildman–Crippen LogP) is 3.51. The lowest BCUT2D eigenvalue weighted by molar-refractivity contribution is -0.170. The van der Waals surface area contributed by atoms with Crippen molar-refractivity contribution in [2.45, 2.75) is 25.1 Å². The Kier molecular flexibility index (Phi) is 7.35. The fourth-order valence-corrected chi connectivity index (χ4v) is 4.71. The summed E-state index contributed by atoms with van der Waals surface area (Å²) in [4.78, 5) is 29.3. The van der Waals surface area contributed by atoms with Crippen molar-refractivity contribution in [3.8, 4) is 11.3 Å². The number of pyridine rings is 1. The van der Waals surface area contributed by atoms with Crippen LogP contribution in [-0.2, 0) is 14.3 Å². The van der Waals surface area contributed by atoms with Gasteiger partial charge >= 0.3 is 6.18 Å². The number of carbonyl (C=O) groups excluding carboxylic acids is 1. The summed E-state index contributed by atoms with van der Waals surface area (Å²) in [6.07, 6.45) is -2.85. The van der Waals surface area contributed by atoms with Gasteiger partial charge in [0.2, 0.25) is 5.91 Å². The van der Waals surface area contributed by atoms with Gasteiger partial charge in [-0.1, -0.05) is 12.1 Å². The number of fused-ring (bicyclic) bond motifs is 1. The quantitative estimate of drug-likeness (QED) is 0.518. The number of ether oxygens (including phenoxy) is 2. The molecule has 0 radical (unpaired) electrons. The first kappa shape index (κ1) is 26.1. The molecule has 2 fully saturated rings. The second-order valence-electron chi connectivity index (χ2n) is 9.69. The molecule has 2 aliphatic heterocycles. The Morgan fingerprint density at radius 3 is 2.55 bits per heavy atom. The van der Waals surface area contributed by atoms with Crippen LogP contribution in [0.4, 0.5) is 24.7 Å². The van der Waals surface area contributed by atoms with Crippen molar-refractivity contribution in [1.82, 2.24) is 19.9 Å². The highest BCUT2D eigenvalue weighted by Crippen LogP contribution is 2.29. The Bertz CT molecular complexity index is 1280. The minimum atomic E-state index is -4.55. The number of morpholine rings is 2. The van der Waals surface area contributed by atoms with Crippen LogP contribution in [0.1, 0.15) is 13.3 Å². The van der Waals surface area contributed by atoms with E-state index in [1.807, 2.05) is 18.2 Å². The smallest absolute Gasteiger partial charge is 0.378 e. The van der Waals surface area contributed by atoms with Crippen molar-refractivity contribution in [3.05, 3.63) is 42.7 Å². The summed E-state index contributed by atoms with van der Waals surface area (Å²) >= 11 is 0. The Labute approximate surface area is 218 Å². The fourth-order valence-electron chi connectivity index (χ4n) is 4.71. The zero-order chi connectivity index (χ0) is 26.8. The summed E-state index contributed by atoms with van der Waals surface area (Å²) in [5, 5.41) is 3.26. The van der Waals surface area contributed by atoms with Crippen LogP contribution in [0.2, 0.25) is 0 Å². The highest BCUT2D eigenvalue weighted by Gasteiger charge is 2.39. The van der Waals surface area contributed by atoms with E-state index < -0.39 is 24.1 Å². The van der Waals surface area contributed by atoms with Crippen molar-refractivity contribution < 1.29 is 27.4 Å². The van der Waals surface area contributed by atoms with Crippen molar-refractivity contribution in [2.75, 3.05) is 62.8 Å². The number of amides is 1. The second kappa shape index (κ2) is 10.7. The van der Waals surface area contributed by atoms with Crippen LogP contribution in [0.15, 0.2) is 42.7 Å². The molecule has 0 saturated carbocycles. The molecule has 1 aromatic carbocycles. The maximum atomic E-state index is 12.7. The molecule has 0 unspecified atom stereocenters. The average molecular weight is 531 g/mol. The van der Waals surface area contributed by atoms with Crippen LogP contribution >= 0.6 is 0 Å². The molecule has 1 atom stereocenters. The van der Waals surface area contributed by atoms with Crippen LogP contribution in [0.5, 0.6) is 0 Å². The number of hydrogen-bond acceptors (Lipinski definition) is 8. The van der Waals surface area contributed by atoms with Crippen LogP contribution in [-0.4, -0.2) is 90.1 Å². The van der Waals surface area contributed by atoms with E-state index in [0.29, 0.717) is 35.8 Å². The number of benzene rings is 1. The molecule has 5 rings (SSSR count). The van der Waals surface area contributed by atoms with Gasteiger partial charge in [-0.2, -0.15) is 13.2 Å². The number of aromatic nitrogens is 3. The molecule has 2 aliphatic rings. The number of nitrogens with one attached hydrogen (secondary N) is 1. The van der Waals surface area contributed by atoms with Gasteiger partial charge in [0.1, 0.15) is 17.5 Å². The number of anilines is 2. The molecule has 202 valence electrons. The molecule has 38 heavy (non-hydrogen) atoms. The van der Waals surface area contributed by atoms with Gasteiger partial charge in [0, 0.05) is 49.8 Å². The molecule has 3 aromatic rings. The summed E-state index contributed by atoms with van der Waals surface area (Å²) in [6, 6.07) is 10.00. The SMILES string of the molecule is C[C@@]1(CNc2nc(-c3ccc(N4CCOCC4)cc3)cc3nccnc23)CN(C(=O)CC(F)(F)F)CCO1. The number of hydrogen-bond donors (Lipinski definition) is 1. The monoisotopic (exact) mass is 530 g/mol. The first-order valence-electron chi connectivity index (χ1n) is 12.5. The standard InChI is InChI=1S/C26H29F3N6O3/c1-25(17-35(10-13-38-25)22(36)15-26(27,28)29)16-32-24-23-21(30-6-7-31-23)14-20(33-24)18-2-4-19(5-3-18)34-8-11-37-12-9-34/h2-7,14H,8-13,15-17H2,1H3,(H,32,33)/t25-/m1/s1. The zero-order valence-electron chi connectivity index (χ0n) is 21.0. The first-order chi connectivity index (χ1) is 18.2. The highest BCUT2D eigenvalue weighted by atomic mass is 19.4. The lowest BCUT2D eigenvalue weighted by atomic mass is 10.0. The normalized spacial score (nSPS) is 20.5. The molecule has 4 heterocycles.